The Morgan fingerprint density at radius 3 is 2.32 bits per heavy atom. The molecule has 25 heavy (non-hydrogen) atoms. The lowest BCUT2D eigenvalue weighted by atomic mass is 10.1. The monoisotopic (exact) mass is 345 g/mol. The Hall–Kier alpha value is -2.73. The summed E-state index contributed by atoms with van der Waals surface area (Å²) in [7, 11) is 6.30. The summed E-state index contributed by atoms with van der Waals surface area (Å²) in [6.45, 7) is 0.812. The van der Waals surface area contributed by atoms with Crippen molar-refractivity contribution in [1.82, 2.24) is 0 Å². The number of carbonyl (C=O) groups is 1. The van der Waals surface area contributed by atoms with Crippen LogP contribution in [0, 0.1) is 0 Å². The molecule has 0 aliphatic rings. The van der Waals surface area contributed by atoms with Gasteiger partial charge in [-0.3, -0.25) is 4.79 Å². The first kappa shape index (κ1) is 18.6. The van der Waals surface area contributed by atoms with Gasteiger partial charge in [0.2, 0.25) is 0 Å². The van der Waals surface area contributed by atoms with Gasteiger partial charge < -0.3 is 23.8 Å². The molecule has 0 saturated heterocycles. The summed E-state index contributed by atoms with van der Waals surface area (Å²) in [4.78, 5) is 14.7. The van der Waals surface area contributed by atoms with Gasteiger partial charge in [-0.2, -0.15) is 0 Å². The molecule has 0 radical (unpaired) electrons. The lowest BCUT2D eigenvalue weighted by Crippen LogP contribution is -2.34. The van der Waals surface area contributed by atoms with Crippen LogP contribution in [0.15, 0.2) is 42.5 Å². The van der Waals surface area contributed by atoms with Gasteiger partial charge in [0.15, 0.2) is 11.5 Å². The van der Waals surface area contributed by atoms with Crippen LogP contribution in [-0.4, -0.2) is 47.5 Å². The highest BCUT2D eigenvalue weighted by Gasteiger charge is 2.19. The van der Waals surface area contributed by atoms with Crippen molar-refractivity contribution in [3.63, 3.8) is 0 Å². The fraction of sp³-hybridized carbons (Fsp3) is 0.316. The molecule has 0 saturated carbocycles. The average molecular weight is 345 g/mol. The highest BCUT2D eigenvalue weighted by Crippen LogP contribution is 2.32. The molecule has 134 valence electrons. The minimum atomic E-state index is -0.150. The van der Waals surface area contributed by atoms with E-state index in [0.29, 0.717) is 41.7 Å². The van der Waals surface area contributed by atoms with Gasteiger partial charge in [0, 0.05) is 31.0 Å². The van der Waals surface area contributed by atoms with E-state index in [1.165, 1.54) is 0 Å². The first-order valence-electron chi connectivity index (χ1n) is 7.81. The molecule has 2 aromatic rings. The predicted molar refractivity (Wildman–Crippen MR) is 96.1 cm³/mol. The van der Waals surface area contributed by atoms with Gasteiger partial charge in [0.05, 0.1) is 27.9 Å². The van der Waals surface area contributed by atoms with Crippen molar-refractivity contribution >= 4 is 11.6 Å². The molecule has 6 heteroatoms. The van der Waals surface area contributed by atoms with E-state index in [9.17, 15) is 4.79 Å². The molecule has 0 aliphatic carbocycles. The van der Waals surface area contributed by atoms with Gasteiger partial charge in [-0.25, -0.2) is 0 Å². The number of hydrogen-bond donors (Lipinski definition) is 0. The van der Waals surface area contributed by atoms with Gasteiger partial charge in [0.1, 0.15) is 5.75 Å². The first-order valence-corrected chi connectivity index (χ1v) is 7.81. The van der Waals surface area contributed by atoms with Crippen molar-refractivity contribution < 1.29 is 23.7 Å². The van der Waals surface area contributed by atoms with E-state index in [1.807, 2.05) is 6.07 Å². The van der Waals surface area contributed by atoms with E-state index in [4.69, 9.17) is 18.9 Å². The summed E-state index contributed by atoms with van der Waals surface area (Å²) in [5.41, 5.74) is 1.23. The molecule has 2 aromatic carbocycles. The van der Waals surface area contributed by atoms with E-state index in [-0.39, 0.29) is 5.91 Å². The van der Waals surface area contributed by atoms with Crippen molar-refractivity contribution in [2.24, 2.45) is 0 Å². The Balaban J connectivity index is 2.39. The number of ether oxygens (including phenoxy) is 4. The molecule has 0 aliphatic heterocycles. The lowest BCUT2D eigenvalue weighted by Gasteiger charge is -2.24. The van der Waals surface area contributed by atoms with Crippen molar-refractivity contribution in [3.05, 3.63) is 48.0 Å². The van der Waals surface area contributed by atoms with Crippen molar-refractivity contribution in [2.75, 3.05) is 46.5 Å². The summed E-state index contributed by atoms with van der Waals surface area (Å²) in [5, 5.41) is 0. The van der Waals surface area contributed by atoms with Gasteiger partial charge in [-0.05, 0) is 30.3 Å². The summed E-state index contributed by atoms with van der Waals surface area (Å²) in [5.74, 6) is 1.64. The second-order valence-corrected chi connectivity index (χ2v) is 5.22. The molecule has 0 bridgehead atoms. The fourth-order valence-electron chi connectivity index (χ4n) is 2.44. The van der Waals surface area contributed by atoms with Crippen molar-refractivity contribution in [2.45, 2.75) is 0 Å². The average Bonchev–Trinajstić information content (AvgIpc) is 2.67. The largest absolute Gasteiger partial charge is 0.497 e. The first-order chi connectivity index (χ1) is 12.1. The second-order valence-electron chi connectivity index (χ2n) is 5.22. The van der Waals surface area contributed by atoms with Crippen LogP contribution in [-0.2, 0) is 4.74 Å². The third-order valence-corrected chi connectivity index (χ3v) is 3.76. The topological polar surface area (TPSA) is 57.2 Å². The van der Waals surface area contributed by atoms with Crippen molar-refractivity contribution in [1.29, 1.82) is 0 Å². The van der Waals surface area contributed by atoms with E-state index in [1.54, 1.807) is 69.7 Å². The third-order valence-electron chi connectivity index (χ3n) is 3.76. The second kappa shape index (κ2) is 8.94. The van der Waals surface area contributed by atoms with Gasteiger partial charge in [0.25, 0.3) is 5.91 Å². The van der Waals surface area contributed by atoms with Crippen LogP contribution in [0.25, 0.3) is 0 Å². The zero-order valence-electron chi connectivity index (χ0n) is 14.9. The van der Waals surface area contributed by atoms with Crippen LogP contribution in [0.2, 0.25) is 0 Å². The predicted octanol–water partition coefficient (Wildman–Crippen LogP) is 3.01. The number of hydrogen-bond acceptors (Lipinski definition) is 5. The van der Waals surface area contributed by atoms with Gasteiger partial charge >= 0.3 is 0 Å². The standard InChI is InChI=1S/C19H23NO5/c1-22-11-10-20(15-8-9-17(24-3)18(13-15)25-4)19(21)14-6-5-7-16(12-14)23-2/h5-9,12-13H,10-11H2,1-4H3. The number of nitrogens with zero attached hydrogens (tertiary/aromatic N) is 1. The third kappa shape index (κ3) is 4.42. The zero-order chi connectivity index (χ0) is 18.2. The molecular formula is C19H23NO5. The molecule has 6 nitrogen and oxygen atoms in total. The van der Waals surface area contributed by atoms with Gasteiger partial charge in [-0.15, -0.1) is 0 Å². The molecule has 0 spiro atoms. The molecule has 0 N–H and O–H groups in total. The molecule has 0 unspecified atom stereocenters. The molecule has 2 rings (SSSR count). The van der Waals surface area contributed by atoms with Gasteiger partial charge in [-0.1, -0.05) is 6.07 Å². The number of benzene rings is 2. The van der Waals surface area contributed by atoms with Crippen LogP contribution >= 0.6 is 0 Å². The summed E-state index contributed by atoms with van der Waals surface area (Å²) in [6, 6.07) is 12.4. The molecule has 1 amide bonds. The zero-order valence-corrected chi connectivity index (χ0v) is 14.9. The Morgan fingerprint density at radius 2 is 1.68 bits per heavy atom. The maximum atomic E-state index is 13.0. The number of rotatable bonds is 8. The fourth-order valence-corrected chi connectivity index (χ4v) is 2.44. The van der Waals surface area contributed by atoms with E-state index >= 15 is 0 Å². The number of carbonyl (C=O) groups excluding carboxylic acids is 1. The summed E-state index contributed by atoms with van der Waals surface area (Å²) < 4.78 is 21.0. The van der Waals surface area contributed by atoms with Crippen LogP contribution in [0.5, 0.6) is 17.2 Å². The van der Waals surface area contributed by atoms with E-state index in [0.717, 1.165) is 0 Å². The van der Waals surface area contributed by atoms with Crippen LogP contribution < -0.4 is 19.1 Å². The minimum Gasteiger partial charge on any atom is -0.497 e. The lowest BCUT2D eigenvalue weighted by molar-refractivity contribution is 0.0975. The normalized spacial score (nSPS) is 10.2. The Labute approximate surface area is 147 Å². The quantitative estimate of drug-likeness (QED) is 0.736. The molecular weight excluding hydrogens is 322 g/mol. The number of methoxy groups -OCH3 is 4. The maximum absolute atomic E-state index is 13.0. The number of amides is 1. The van der Waals surface area contributed by atoms with Crippen LogP contribution in [0.3, 0.4) is 0 Å². The summed E-state index contributed by atoms with van der Waals surface area (Å²) in [6.07, 6.45) is 0. The molecule has 0 aromatic heterocycles. The van der Waals surface area contributed by atoms with Crippen molar-refractivity contribution in [3.8, 4) is 17.2 Å². The smallest absolute Gasteiger partial charge is 0.258 e. The Kier molecular flexibility index (Phi) is 6.65. The SMILES string of the molecule is COCCN(C(=O)c1cccc(OC)c1)c1ccc(OC)c(OC)c1. The number of anilines is 1. The molecule has 0 heterocycles. The van der Waals surface area contributed by atoms with E-state index in [2.05, 4.69) is 0 Å². The molecule has 0 atom stereocenters. The highest BCUT2D eigenvalue weighted by molar-refractivity contribution is 6.06. The van der Waals surface area contributed by atoms with E-state index < -0.39 is 0 Å². The Morgan fingerprint density at radius 1 is 0.920 bits per heavy atom. The Bertz CT molecular complexity index is 717. The van der Waals surface area contributed by atoms with Crippen LogP contribution in [0.4, 0.5) is 5.69 Å². The van der Waals surface area contributed by atoms with Crippen LogP contribution in [0.1, 0.15) is 10.4 Å². The maximum Gasteiger partial charge on any atom is 0.258 e. The minimum absolute atomic E-state index is 0.150. The summed E-state index contributed by atoms with van der Waals surface area (Å²) >= 11 is 0. The molecule has 0 fully saturated rings. The highest BCUT2D eigenvalue weighted by atomic mass is 16.5.